The summed E-state index contributed by atoms with van der Waals surface area (Å²) in [5, 5.41) is 10.5. The van der Waals surface area contributed by atoms with Crippen LogP contribution < -0.4 is 0 Å². The van der Waals surface area contributed by atoms with Crippen molar-refractivity contribution in [1.82, 2.24) is 0 Å². The first-order valence-corrected chi connectivity index (χ1v) is 39.1. The summed E-state index contributed by atoms with van der Waals surface area (Å²) in [5.74, 6) is -1.41. The van der Waals surface area contributed by atoms with Gasteiger partial charge < -0.3 is 33.8 Å². The molecule has 522 valence electrons. The van der Waals surface area contributed by atoms with E-state index >= 15 is 0 Å². The van der Waals surface area contributed by atoms with Crippen molar-refractivity contribution < 1.29 is 80.2 Å². The Morgan fingerprint density at radius 3 is 0.773 bits per heavy atom. The lowest BCUT2D eigenvalue weighted by molar-refractivity contribution is -0.161. The quantitative estimate of drug-likeness (QED) is 0.0222. The minimum absolute atomic E-state index is 0.105. The molecule has 0 heterocycles. The van der Waals surface area contributed by atoms with Crippen LogP contribution in [0, 0.1) is 5.92 Å². The third-order valence-electron chi connectivity index (χ3n) is 16.0. The fraction of sp³-hybridized carbons (Fsp3) is 0.942. The highest BCUT2D eigenvalue weighted by Gasteiger charge is 2.30. The van der Waals surface area contributed by atoms with E-state index in [-0.39, 0.29) is 25.7 Å². The zero-order valence-corrected chi connectivity index (χ0v) is 58.6. The van der Waals surface area contributed by atoms with Crippen molar-refractivity contribution in [3.05, 3.63) is 0 Å². The van der Waals surface area contributed by atoms with E-state index in [4.69, 9.17) is 37.0 Å². The molecule has 0 saturated heterocycles. The first-order chi connectivity index (χ1) is 42.5. The molecule has 0 rings (SSSR count). The zero-order chi connectivity index (χ0) is 64.9. The predicted octanol–water partition coefficient (Wildman–Crippen LogP) is 19.7. The molecule has 0 aliphatic heterocycles. The van der Waals surface area contributed by atoms with E-state index in [0.717, 1.165) is 115 Å². The molecule has 19 heteroatoms. The second-order valence-electron chi connectivity index (χ2n) is 25.4. The topological polar surface area (TPSA) is 237 Å². The van der Waals surface area contributed by atoms with Crippen LogP contribution in [-0.4, -0.2) is 96.7 Å². The minimum Gasteiger partial charge on any atom is -0.462 e. The van der Waals surface area contributed by atoms with E-state index in [1.165, 1.54) is 161 Å². The van der Waals surface area contributed by atoms with Gasteiger partial charge in [0.1, 0.15) is 19.3 Å². The molecule has 0 aliphatic rings. The highest BCUT2D eigenvalue weighted by atomic mass is 31.2. The Kier molecular flexibility index (Phi) is 61.1. The Bertz CT molecular complexity index is 1700. The minimum atomic E-state index is -4.95. The van der Waals surface area contributed by atoms with Crippen LogP contribution in [0.5, 0.6) is 0 Å². The van der Waals surface area contributed by atoms with E-state index in [0.29, 0.717) is 25.7 Å². The van der Waals surface area contributed by atoms with Gasteiger partial charge in [-0.05, 0) is 31.6 Å². The van der Waals surface area contributed by atoms with E-state index in [1.807, 2.05) is 0 Å². The predicted molar refractivity (Wildman–Crippen MR) is 354 cm³/mol. The molecule has 0 spiro atoms. The summed E-state index contributed by atoms with van der Waals surface area (Å²) in [4.78, 5) is 72.2. The van der Waals surface area contributed by atoms with Crippen LogP contribution in [0.1, 0.15) is 356 Å². The van der Waals surface area contributed by atoms with Crippen molar-refractivity contribution in [2.75, 3.05) is 39.6 Å². The lowest BCUT2D eigenvalue weighted by Gasteiger charge is -2.21. The van der Waals surface area contributed by atoms with E-state index < -0.39 is 97.5 Å². The van der Waals surface area contributed by atoms with Crippen molar-refractivity contribution in [2.24, 2.45) is 5.92 Å². The van der Waals surface area contributed by atoms with Gasteiger partial charge in [-0.1, -0.05) is 304 Å². The number of phosphoric ester groups is 2. The number of hydrogen-bond donors (Lipinski definition) is 3. The Morgan fingerprint density at radius 2 is 0.523 bits per heavy atom. The third kappa shape index (κ3) is 62.8. The van der Waals surface area contributed by atoms with Gasteiger partial charge >= 0.3 is 39.5 Å². The van der Waals surface area contributed by atoms with Crippen LogP contribution in [0.4, 0.5) is 0 Å². The van der Waals surface area contributed by atoms with Gasteiger partial charge in [-0.25, -0.2) is 9.13 Å². The molecule has 0 aliphatic carbocycles. The molecular formula is C69H134O17P2. The Balaban J connectivity index is 5.08. The lowest BCUT2D eigenvalue weighted by atomic mass is 10.0. The standard InChI is InChI=1S/C69H134O17P2/c1-6-9-12-15-18-20-21-22-23-24-25-26-27-28-29-30-31-32-33-40-45-50-55-69(74)86-65(59-80-67(72)53-48-43-39-35-34-37-41-46-51-62(4)5)61-84-88(77,78)82-57-63(70)56-81-87(75,76)83-60-64(58-79-66(71)52-47-42-36-17-14-11-8-3)85-68(73)54-49-44-38-19-16-13-10-7-2/h62-65,70H,6-61H2,1-5H3,(H,75,76)(H,77,78)/t63-,64+,65+/m0/s1. The van der Waals surface area contributed by atoms with Crippen LogP contribution >= 0.6 is 15.6 Å². The first kappa shape index (κ1) is 86.1. The maximum atomic E-state index is 13.0. The highest BCUT2D eigenvalue weighted by molar-refractivity contribution is 7.47. The average molecular weight is 1300 g/mol. The third-order valence-corrected chi connectivity index (χ3v) is 17.9. The fourth-order valence-electron chi connectivity index (χ4n) is 10.5. The molecule has 0 amide bonds. The number of carbonyl (C=O) groups excluding carboxylic acids is 4. The number of phosphoric acid groups is 2. The molecular weight excluding hydrogens is 1160 g/mol. The number of carbonyl (C=O) groups is 4. The number of aliphatic hydroxyl groups is 1. The molecule has 0 aromatic heterocycles. The van der Waals surface area contributed by atoms with Gasteiger partial charge in [0.15, 0.2) is 12.2 Å². The highest BCUT2D eigenvalue weighted by Crippen LogP contribution is 2.45. The van der Waals surface area contributed by atoms with Crippen LogP contribution in [0.25, 0.3) is 0 Å². The molecule has 2 unspecified atom stereocenters. The summed E-state index contributed by atoms with van der Waals surface area (Å²) in [5.41, 5.74) is 0. The first-order valence-electron chi connectivity index (χ1n) is 36.1. The molecule has 17 nitrogen and oxygen atoms in total. The lowest BCUT2D eigenvalue weighted by Crippen LogP contribution is -2.30. The number of esters is 4. The van der Waals surface area contributed by atoms with Gasteiger partial charge in [0.25, 0.3) is 0 Å². The van der Waals surface area contributed by atoms with Gasteiger partial charge in [-0.15, -0.1) is 0 Å². The number of hydrogen-bond acceptors (Lipinski definition) is 15. The van der Waals surface area contributed by atoms with Crippen LogP contribution in [0.15, 0.2) is 0 Å². The largest absolute Gasteiger partial charge is 0.472 e. The summed E-state index contributed by atoms with van der Waals surface area (Å²) in [6.45, 7) is 7.12. The monoisotopic (exact) mass is 1300 g/mol. The number of ether oxygens (including phenoxy) is 4. The van der Waals surface area contributed by atoms with E-state index in [9.17, 15) is 43.2 Å². The van der Waals surface area contributed by atoms with Crippen molar-refractivity contribution >= 4 is 39.5 Å². The number of unbranched alkanes of at least 4 members (excludes halogenated alkanes) is 41. The number of aliphatic hydroxyl groups excluding tert-OH is 1. The Morgan fingerprint density at radius 1 is 0.307 bits per heavy atom. The van der Waals surface area contributed by atoms with Gasteiger partial charge in [-0.3, -0.25) is 37.3 Å². The second kappa shape index (κ2) is 62.5. The zero-order valence-electron chi connectivity index (χ0n) is 56.9. The van der Waals surface area contributed by atoms with Crippen molar-refractivity contribution in [3.63, 3.8) is 0 Å². The van der Waals surface area contributed by atoms with E-state index in [1.54, 1.807) is 0 Å². The summed E-state index contributed by atoms with van der Waals surface area (Å²) >= 11 is 0. The Labute approximate surface area is 537 Å². The molecule has 3 N–H and O–H groups in total. The normalized spacial score (nSPS) is 14.1. The maximum absolute atomic E-state index is 13.0. The fourth-order valence-corrected chi connectivity index (χ4v) is 12.0. The van der Waals surface area contributed by atoms with Crippen LogP contribution in [0.3, 0.4) is 0 Å². The molecule has 0 aromatic rings. The van der Waals surface area contributed by atoms with E-state index in [2.05, 4.69) is 34.6 Å². The van der Waals surface area contributed by atoms with Gasteiger partial charge in [-0.2, -0.15) is 0 Å². The summed E-state index contributed by atoms with van der Waals surface area (Å²) < 4.78 is 68.0. The SMILES string of the molecule is CCCCCCCCCCCCCCCCCCCCCCCCC(=O)O[C@H](COC(=O)CCCCCCCCCCC(C)C)COP(=O)(O)OC[C@@H](O)COP(=O)(O)OC[C@@H](COC(=O)CCCCCCCCC)OC(=O)CCCCCCCCCC. The molecule has 0 bridgehead atoms. The van der Waals surface area contributed by atoms with Crippen molar-refractivity contribution in [2.45, 2.75) is 374 Å². The molecule has 0 aromatic carbocycles. The molecule has 0 fully saturated rings. The van der Waals surface area contributed by atoms with Crippen molar-refractivity contribution in [3.8, 4) is 0 Å². The summed E-state index contributed by atoms with van der Waals surface area (Å²) in [7, 11) is -9.88. The molecule has 5 atom stereocenters. The number of rotatable bonds is 69. The summed E-state index contributed by atoms with van der Waals surface area (Å²) in [6.07, 6.45) is 49.1. The second-order valence-corrected chi connectivity index (χ2v) is 28.3. The van der Waals surface area contributed by atoms with Crippen LogP contribution in [-0.2, 0) is 65.4 Å². The molecule has 0 saturated carbocycles. The molecule has 0 radical (unpaired) electrons. The van der Waals surface area contributed by atoms with Gasteiger partial charge in [0.2, 0.25) is 0 Å². The van der Waals surface area contributed by atoms with Crippen molar-refractivity contribution in [1.29, 1.82) is 0 Å². The average Bonchev–Trinajstić information content (AvgIpc) is 3.53. The maximum Gasteiger partial charge on any atom is 0.472 e. The smallest absolute Gasteiger partial charge is 0.462 e. The van der Waals surface area contributed by atoms with Gasteiger partial charge in [0, 0.05) is 25.7 Å². The molecule has 88 heavy (non-hydrogen) atoms. The Hall–Kier alpha value is -1.94. The van der Waals surface area contributed by atoms with Crippen LogP contribution in [0.2, 0.25) is 0 Å². The summed E-state index contributed by atoms with van der Waals surface area (Å²) in [6, 6.07) is 0. The van der Waals surface area contributed by atoms with Gasteiger partial charge in [0.05, 0.1) is 26.4 Å².